The summed E-state index contributed by atoms with van der Waals surface area (Å²) >= 11 is 0. The largest absolute Gasteiger partial charge is 0.308 e. The molecule has 15 heavy (non-hydrogen) atoms. The van der Waals surface area contributed by atoms with E-state index in [1.165, 1.54) is 0 Å². The topological polar surface area (TPSA) is 76.2 Å². The van der Waals surface area contributed by atoms with Crippen LogP contribution in [0.5, 0.6) is 0 Å². The van der Waals surface area contributed by atoms with Gasteiger partial charge in [0.2, 0.25) is 0 Å². The van der Waals surface area contributed by atoms with E-state index in [1.54, 1.807) is 0 Å². The molecule has 5 nitrogen and oxygen atoms in total. The molecule has 1 rings (SSSR count). The number of rotatable bonds is 2. The van der Waals surface area contributed by atoms with Crippen LogP contribution in [0, 0.1) is 13.8 Å². The van der Waals surface area contributed by atoms with Crippen molar-refractivity contribution in [3.63, 3.8) is 0 Å². The van der Waals surface area contributed by atoms with Crippen LogP contribution in [-0.4, -0.2) is 22.1 Å². The lowest BCUT2D eigenvalue weighted by Crippen LogP contribution is -2.33. The summed E-state index contributed by atoms with van der Waals surface area (Å²) < 4.78 is 0. The van der Waals surface area contributed by atoms with Crippen LogP contribution in [0.3, 0.4) is 0 Å². The van der Waals surface area contributed by atoms with Crippen LogP contribution < -0.4 is 11.3 Å². The zero-order valence-corrected chi connectivity index (χ0v) is 9.57. The van der Waals surface area contributed by atoms with Crippen LogP contribution in [0.4, 0.5) is 0 Å². The summed E-state index contributed by atoms with van der Waals surface area (Å²) in [5, 5.41) is 7.99. The Bertz CT molecular complexity index is 370. The molecule has 0 aromatic carbocycles. The Hall–Kier alpha value is -1.49. The number of hydrogen-bond donors (Lipinski definition) is 2. The number of aryl methyl sites for hydroxylation is 2. The summed E-state index contributed by atoms with van der Waals surface area (Å²) in [6.45, 7) is 7.76. The summed E-state index contributed by atoms with van der Waals surface area (Å²) in [5.74, 6) is 6.10. The van der Waals surface area contributed by atoms with Crippen LogP contribution in [-0.2, 0) is 0 Å². The second-order valence-electron chi connectivity index (χ2n) is 3.70. The van der Waals surface area contributed by atoms with Crippen molar-refractivity contribution in [2.75, 3.05) is 0 Å². The first-order valence-corrected chi connectivity index (χ1v) is 4.90. The van der Waals surface area contributed by atoms with Crippen molar-refractivity contribution in [3.8, 4) is 0 Å². The van der Waals surface area contributed by atoms with Crippen LogP contribution in [0.1, 0.15) is 30.8 Å². The normalized spacial score (nSPS) is 12.0. The SMILES string of the molecule is Cc1cc(C(=NC(C)C)NN)c(C)nn1. The predicted octanol–water partition coefficient (Wildman–Crippen LogP) is 0.712. The van der Waals surface area contributed by atoms with Gasteiger partial charge in [0.15, 0.2) is 0 Å². The van der Waals surface area contributed by atoms with Gasteiger partial charge < -0.3 is 5.43 Å². The van der Waals surface area contributed by atoms with E-state index in [2.05, 4.69) is 20.6 Å². The quantitative estimate of drug-likeness (QED) is 0.324. The molecular weight excluding hydrogens is 190 g/mol. The summed E-state index contributed by atoms with van der Waals surface area (Å²) in [7, 11) is 0. The van der Waals surface area contributed by atoms with E-state index in [0.717, 1.165) is 17.0 Å². The van der Waals surface area contributed by atoms with Crippen molar-refractivity contribution in [1.29, 1.82) is 0 Å². The van der Waals surface area contributed by atoms with Crippen molar-refractivity contribution in [1.82, 2.24) is 15.6 Å². The van der Waals surface area contributed by atoms with Gasteiger partial charge in [-0.15, -0.1) is 0 Å². The number of hydrogen-bond acceptors (Lipinski definition) is 4. The minimum absolute atomic E-state index is 0.184. The second kappa shape index (κ2) is 4.84. The maximum absolute atomic E-state index is 5.44. The van der Waals surface area contributed by atoms with Gasteiger partial charge in [0, 0.05) is 11.6 Å². The first kappa shape index (κ1) is 11.6. The van der Waals surface area contributed by atoms with E-state index in [4.69, 9.17) is 5.84 Å². The average molecular weight is 207 g/mol. The fourth-order valence-corrected chi connectivity index (χ4v) is 1.23. The fourth-order valence-electron chi connectivity index (χ4n) is 1.23. The highest BCUT2D eigenvalue weighted by Gasteiger charge is 2.08. The molecule has 0 unspecified atom stereocenters. The van der Waals surface area contributed by atoms with E-state index in [9.17, 15) is 0 Å². The van der Waals surface area contributed by atoms with E-state index >= 15 is 0 Å². The highest BCUT2D eigenvalue weighted by atomic mass is 15.3. The van der Waals surface area contributed by atoms with E-state index in [0.29, 0.717) is 5.84 Å². The Labute approximate surface area is 89.8 Å². The Balaban J connectivity index is 3.17. The first-order chi connectivity index (χ1) is 7.04. The number of aliphatic imine (C=N–C) groups is 1. The van der Waals surface area contributed by atoms with Crippen molar-refractivity contribution in [3.05, 3.63) is 23.0 Å². The molecule has 0 saturated heterocycles. The Morgan fingerprint density at radius 1 is 1.40 bits per heavy atom. The minimum Gasteiger partial charge on any atom is -0.308 e. The Morgan fingerprint density at radius 3 is 2.60 bits per heavy atom. The monoisotopic (exact) mass is 207 g/mol. The Kier molecular flexibility index (Phi) is 3.74. The zero-order valence-electron chi connectivity index (χ0n) is 9.57. The predicted molar refractivity (Wildman–Crippen MR) is 60.5 cm³/mol. The smallest absolute Gasteiger partial charge is 0.144 e. The fraction of sp³-hybridized carbons (Fsp3) is 0.500. The van der Waals surface area contributed by atoms with Crippen molar-refractivity contribution >= 4 is 5.84 Å². The molecular formula is C10H17N5. The molecule has 0 spiro atoms. The highest BCUT2D eigenvalue weighted by molar-refractivity contribution is 5.99. The van der Waals surface area contributed by atoms with Crippen LogP contribution in [0.2, 0.25) is 0 Å². The molecule has 0 atom stereocenters. The van der Waals surface area contributed by atoms with Gasteiger partial charge in [0.25, 0.3) is 0 Å². The van der Waals surface area contributed by atoms with Crippen LogP contribution >= 0.6 is 0 Å². The number of nitrogens with one attached hydrogen (secondary N) is 1. The first-order valence-electron chi connectivity index (χ1n) is 4.90. The third-order valence-electron chi connectivity index (χ3n) is 1.88. The van der Waals surface area contributed by atoms with Crippen LogP contribution in [0.25, 0.3) is 0 Å². The van der Waals surface area contributed by atoms with Gasteiger partial charge in [-0.05, 0) is 33.8 Å². The molecule has 5 heteroatoms. The summed E-state index contributed by atoms with van der Waals surface area (Å²) in [4.78, 5) is 4.38. The molecule has 0 radical (unpaired) electrons. The third-order valence-corrected chi connectivity index (χ3v) is 1.88. The highest BCUT2D eigenvalue weighted by Crippen LogP contribution is 2.06. The minimum atomic E-state index is 0.184. The molecule has 0 saturated carbocycles. The third kappa shape index (κ3) is 2.99. The molecule has 3 N–H and O–H groups in total. The molecule has 1 aromatic heterocycles. The molecule has 1 heterocycles. The zero-order chi connectivity index (χ0) is 11.4. The second-order valence-corrected chi connectivity index (χ2v) is 3.70. The lowest BCUT2D eigenvalue weighted by Gasteiger charge is -2.09. The molecule has 0 fully saturated rings. The maximum Gasteiger partial charge on any atom is 0.144 e. The van der Waals surface area contributed by atoms with Gasteiger partial charge in [0.1, 0.15) is 5.84 Å². The molecule has 1 aromatic rings. The van der Waals surface area contributed by atoms with Gasteiger partial charge in [-0.3, -0.25) is 4.99 Å². The van der Waals surface area contributed by atoms with Gasteiger partial charge in [0.05, 0.1) is 11.4 Å². The standard InChI is InChI=1S/C10H17N5/c1-6(2)12-10(13-11)9-5-7(3)14-15-8(9)4/h5-6H,11H2,1-4H3,(H,12,13). The summed E-state index contributed by atoms with van der Waals surface area (Å²) in [5.41, 5.74) is 5.17. The van der Waals surface area contributed by atoms with Gasteiger partial charge in [-0.1, -0.05) is 0 Å². The number of hydrazine groups is 1. The number of nitrogens with two attached hydrogens (primary N) is 1. The molecule has 0 aliphatic rings. The molecule has 82 valence electrons. The van der Waals surface area contributed by atoms with Gasteiger partial charge >= 0.3 is 0 Å². The van der Waals surface area contributed by atoms with Crippen molar-refractivity contribution in [2.45, 2.75) is 33.7 Å². The molecule has 0 aliphatic carbocycles. The molecule has 0 bridgehead atoms. The Morgan fingerprint density at radius 2 is 2.07 bits per heavy atom. The number of nitrogens with zero attached hydrogens (tertiary/aromatic N) is 3. The summed E-state index contributed by atoms with van der Waals surface area (Å²) in [6.07, 6.45) is 0. The van der Waals surface area contributed by atoms with Gasteiger partial charge in [-0.25, -0.2) is 5.84 Å². The van der Waals surface area contributed by atoms with E-state index in [1.807, 2.05) is 33.8 Å². The van der Waals surface area contributed by atoms with Crippen molar-refractivity contribution in [2.24, 2.45) is 10.8 Å². The number of aromatic nitrogens is 2. The number of amidine groups is 1. The molecule has 0 aliphatic heterocycles. The molecule has 0 amide bonds. The van der Waals surface area contributed by atoms with E-state index in [-0.39, 0.29) is 6.04 Å². The summed E-state index contributed by atoms with van der Waals surface area (Å²) in [6, 6.07) is 2.10. The lowest BCUT2D eigenvalue weighted by atomic mass is 10.2. The van der Waals surface area contributed by atoms with Crippen LogP contribution in [0.15, 0.2) is 11.1 Å². The van der Waals surface area contributed by atoms with E-state index < -0.39 is 0 Å². The maximum atomic E-state index is 5.44. The van der Waals surface area contributed by atoms with Gasteiger partial charge in [-0.2, -0.15) is 10.2 Å². The lowest BCUT2D eigenvalue weighted by molar-refractivity contribution is 0.817. The van der Waals surface area contributed by atoms with Crippen molar-refractivity contribution < 1.29 is 0 Å². The average Bonchev–Trinajstić information content (AvgIpc) is 2.18.